The molecule has 0 saturated carbocycles. The van der Waals surface area contributed by atoms with Crippen molar-refractivity contribution in [3.63, 3.8) is 0 Å². The first-order valence-electron chi connectivity index (χ1n) is 11.9. The van der Waals surface area contributed by atoms with E-state index in [4.69, 9.17) is 9.47 Å². The van der Waals surface area contributed by atoms with Gasteiger partial charge in [0, 0.05) is 10.6 Å². The van der Waals surface area contributed by atoms with Gasteiger partial charge in [-0.1, -0.05) is 42.5 Å². The Kier molecular flexibility index (Phi) is 9.34. The van der Waals surface area contributed by atoms with Crippen molar-refractivity contribution in [2.75, 3.05) is 23.8 Å². The Morgan fingerprint density at radius 1 is 1.11 bits per heavy atom. The van der Waals surface area contributed by atoms with Crippen molar-refractivity contribution in [3.05, 3.63) is 60.2 Å². The third kappa shape index (κ3) is 7.83. The van der Waals surface area contributed by atoms with Crippen LogP contribution in [-0.2, 0) is 30.3 Å². The standard InChI is InChI=1S/C27H34N2O5S/c1-5-33-26(32)20(16-15-19-11-7-6-8-12-19)28-21-18-35-23-14-10-9-13-22(23)29(25(21)31)17-24(30)34-27(2,3)4/h6-14,20-21,28H,5,15-18H2,1-4H3/t20-,21?/m1/s1. The molecule has 0 aliphatic carbocycles. The lowest BCUT2D eigenvalue weighted by Gasteiger charge is -2.28. The predicted molar refractivity (Wildman–Crippen MR) is 137 cm³/mol. The molecule has 7 nitrogen and oxygen atoms in total. The fourth-order valence-corrected chi connectivity index (χ4v) is 4.94. The molecule has 0 fully saturated rings. The van der Waals surface area contributed by atoms with Gasteiger partial charge in [-0.25, -0.2) is 0 Å². The van der Waals surface area contributed by atoms with Crippen LogP contribution in [0.15, 0.2) is 59.5 Å². The van der Waals surface area contributed by atoms with E-state index in [1.807, 2.05) is 54.6 Å². The summed E-state index contributed by atoms with van der Waals surface area (Å²) in [6.45, 7) is 7.18. The lowest BCUT2D eigenvalue weighted by atomic mass is 10.0. The Hall–Kier alpha value is -2.84. The quantitative estimate of drug-likeness (QED) is 0.523. The van der Waals surface area contributed by atoms with Gasteiger partial charge in [-0.05, 0) is 58.2 Å². The van der Waals surface area contributed by atoms with E-state index in [0.29, 0.717) is 24.3 Å². The molecule has 2 aromatic carbocycles. The highest BCUT2D eigenvalue weighted by molar-refractivity contribution is 7.99. The summed E-state index contributed by atoms with van der Waals surface area (Å²) in [5.41, 5.74) is 1.10. The number of carbonyl (C=O) groups excluding carboxylic acids is 3. The molecule has 0 bridgehead atoms. The van der Waals surface area contributed by atoms with Crippen LogP contribution in [0.1, 0.15) is 39.7 Å². The van der Waals surface area contributed by atoms with Crippen molar-refractivity contribution < 1.29 is 23.9 Å². The average molecular weight is 499 g/mol. The second-order valence-electron chi connectivity index (χ2n) is 9.34. The Labute approximate surface area is 211 Å². The maximum absolute atomic E-state index is 13.7. The Balaban J connectivity index is 1.81. The predicted octanol–water partition coefficient (Wildman–Crippen LogP) is 3.99. The van der Waals surface area contributed by atoms with Crippen LogP contribution < -0.4 is 10.2 Å². The van der Waals surface area contributed by atoms with E-state index >= 15 is 0 Å². The third-order valence-corrected chi connectivity index (χ3v) is 6.53. The van der Waals surface area contributed by atoms with Gasteiger partial charge in [-0.15, -0.1) is 11.8 Å². The van der Waals surface area contributed by atoms with Gasteiger partial charge in [0.15, 0.2) is 0 Å². The highest BCUT2D eigenvalue weighted by atomic mass is 32.2. The highest BCUT2D eigenvalue weighted by Crippen LogP contribution is 2.34. The smallest absolute Gasteiger partial charge is 0.326 e. The van der Waals surface area contributed by atoms with Gasteiger partial charge in [-0.3, -0.25) is 24.6 Å². The summed E-state index contributed by atoms with van der Waals surface area (Å²) in [6, 6.07) is 16.0. The zero-order chi connectivity index (χ0) is 25.4. The highest BCUT2D eigenvalue weighted by Gasteiger charge is 2.35. The fourth-order valence-electron chi connectivity index (χ4n) is 3.85. The largest absolute Gasteiger partial charge is 0.465 e. The molecule has 1 heterocycles. The fraction of sp³-hybridized carbons (Fsp3) is 0.444. The first-order chi connectivity index (χ1) is 16.7. The van der Waals surface area contributed by atoms with E-state index in [-0.39, 0.29) is 25.0 Å². The minimum absolute atomic E-state index is 0.208. The molecule has 188 valence electrons. The minimum Gasteiger partial charge on any atom is -0.465 e. The van der Waals surface area contributed by atoms with Gasteiger partial charge in [0.25, 0.3) is 0 Å². The van der Waals surface area contributed by atoms with E-state index in [1.54, 1.807) is 27.7 Å². The lowest BCUT2D eigenvalue weighted by Crippen LogP contribution is -2.54. The molecule has 0 aromatic heterocycles. The molecule has 2 atom stereocenters. The van der Waals surface area contributed by atoms with Crippen LogP contribution in [0.25, 0.3) is 0 Å². The Morgan fingerprint density at radius 3 is 2.49 bits per heavy atom. The van der Waals surface area contributed by atoms with Crippen LogP contribution in [0, 0.1) is 0 Å². The molecular weight excluding hydrogens is 464 g/mol. The molecule has 1 N–H and O–H groups in total. The van der Waals surface area contributed by atoms with Crippen molar-refractivity contribution in [1.29, 1.82) is 0 Å². The lowest BCUT2D eigenvalue weighted by molar-refractivity contribution is -0.154. The summed E-state index contributed by atoms with van der Waals surface area (Å²) in [4.78, 5) is 41.5. The number of nitrogens with one attached hydrogen (secondary N) is 1. The summed E-state index contributed by atoms with van der Waals surface area (Å²) in [5, 5.41) is 3.25. The summed E-state index contributed by atoms with van der Waals surface area (Å²) in [6.07, 6.45) is 1.14. The van der Waals surface area contributed by atoms with Gasteiger partial charge >= 0.3 is 11.9 Å². The van der Waals surface area contributed by atoms with E-state index in [9.17, 15) is 14.4 Å². The number of amides is 1. The number of fused-ring (bicyclic) bond motifs is 1. The number of esters is 2. The molecule has 3 rings (SSSR count). The maximum atomic E-state index is 13.7. The molecule has 8 heteroatoms. The number of hydrogen-bond acceptors (Lipinski definition) is 7. The van der Waals surface area contributed by atoms with Crippen LogP contribution in [0.4, 0.5) is 5.69 Å². The monoisotopic (exact) mass is 498 g/mol. The number of hydrogen-bond donors (Lipinski definition) is 1. The SMILES string of the molecule is CCOC(=O)[C@@H](CCc1ccccc1)NC1CSc2ccccc2N(CC(=O)OC(C)(C)C)C1=O. The maximum Gasteiger partial charge on any atom is 0.326 e. The molecule has 0 saturated heterocycles. The average Bonchev–Trinajstić information content (AvgIpc) is 2.93. The number of nitrogens with zero attached hydrogens (tertiary/aromatic N) is 1. The van der Waals surface area contributed by atoms with E-state index in [2.05, 4.69) is 5.32 Å². The summed E-state index contributed by atoms with van der Waals surface area (Å²) < 4.78 is 10.8. The Bertz CT molecular complexity index is 1020. The van der Waals surface area contributed by atoms with Gasteiger partial charge in [0.1, 0.15) is 18.2 Å². The van der Waals surface area contributed by atoms with Crippen molar-refractivity contribution in [3.8, 4) is 0 Å². The van der Waals surface area contributed by atoms with Crippen molar-refractivity contribution in [2.24, 2.45) is 0 Å². The number of aryl methyl sites for hydroxylation is 1. The Morgan fingerprint density at radius 2 is 1.80 bits per heavy atom. The van der Waals surface area contributed by atoms with Crippen LogP contribution in [0.2, 0.25) is 0 Å². The van der Waals surface area contributed by atoms with Crippen molar-refractivity contribution in [1.82, 2.24) is 5.32 Å². The second kappa shape index (κ2) is 12.2. The van der Waals surface area contributed by atoms with Gasteiger partial charge < -0.3 is 9.47 Å². The molecular formula is C27H34N2O5S. The number of ether oxygens (including phenoxy) is 2. The molecule has 2 aromatic rings. The van der Waals surface area contributed by atoms with Gasteiger partial charge in [-0.2, -0.15) is 0 Å². The number of rotatable bonds is 9. The molecule has 1 aliphatic rings. The molecule has 1 unspecified atom stereocenters. The van der Waals surface area contributed by atoms with E-state index in [0.717, 1.165) is 10.5 Å². The molecule has 35 heavy (non-hydrogen) atoms. The van der Waals surface area contributed by atoms with Crippen LogP contribution in [-0.4, -0.2) is 54.4 Å². The number of anilines is 1. The van der Waals surface area contributed by atoms with Crippen molar-refractivity contribution >= 4 is 35.3 Å². The summed E-state index contributed by atoms with van der Waals surface area (Å²) in [7, 11) is 0. The minimum atomic E-state index is -0.681. The van der Waals surface area contributed by atoms with Gasteiger partial charge in [0.05, 0.1) is 18.3 Å². The van der Waals surface area contributed by atoms with E-state index < -0.39 is 23.7 Å². The number of thioether (sulfide) groups is 1. The van der Waals surface area contributed by atoms with E-state index in [1.165, 1.54) is 16.7 Å². The van der Waals surface area contributed by atoms with Crippen LogP contribution in [0.5, 0.6) is 0 Å². The van der Waals surface area contributed by atoms with Crippen LogP contribution in [0.3, 0.4) is 0 Å². The summed E-state index contributed by atoms with van der Waals surface area (Å²) >= 11 is 1.52. The van der Waals surface area contributed by atoms with Crippen LogP contribution >= 0.6 is 11.8 Å². The van der Waals surface area contributed by atoms with Gasteiger partial charge in [0.2, 0.25) is 5.91 Å². The normalized spacial score (nSPS) is 16.7. The molecule has 1 aliphatic heterocycles. The first-order valence-corrected chi connectivity index (χ1v) is 12.9. The summed E-state index contributed by atoms with van der Waals surface area (Å²) in [5.74, 6) is -0.733. The zero-order valence-electron chi connectivity index (χ0n) is 20.8. The van der Waals surface area contributed by atoms with Crippen molar-refractivity contribution in [2.45, 2.75) is 63.1 Å². The number of benzene rings is 2. The molecule has 0 spiro atoms. The number of carbonyl (C=O) groups is 3. The second-order valence-corrected chi connectivity index (χ2v) is 10.4. The topological polar surface area (TPSA) is 84.9 Å². The number of para-hydroxylation sites is 1. The third-order valence-electron chi connectivity index (χ3n) is 5.37. The zero-order valence-corrected chi connectivity index (χ0v) is 21.6. The molecule has 1 amide bonds. The first kappa shape index (κ1) is 26.8. The molecule has 0 radical (unpaired) electrons.